The van der Waals surface area contributed by atoms with E-state index >= 15 is 0 Å². The van der Waals surface area contributed by atoms with Crippen LogP contribution in [0.4, 0.5) is 0 Å². The molecular formula is C18H29N3. The number of benzene rings is 1. The van der Waals surface area contributed by atoms with Crippen molar-refractivity contribution in [1.82, 2.24) is 15.1 Å². The summed E-state index contributed by atoms with van der Waals surface area (Å²) in [5.41, 5.74) is 3.03. The van der Waals surface area contributed by atoms with Crippen molar-refractivity contribution < 1.29 is 0 Å². The number of hydrogen-bond donors (Lipinski definition) is 1. The molecule has 0 aliphatic carbocycles. The molecule has 21 heavy (non-hydrogen) atoms. The maximum absolute atomic E-state index is 3.26. The maximum atomic E-state index is 3.26. The highest BCUT2D eigenvalue weighted by molar-refractivity contribution is 5.27. The summed E-state index contributed by atoms with van der Waals surface area (Å²) in [6, 6.07) is 10.6. The first kappa shape index (κ1) is 15.0. The minimum absolute atomic E-state index is 0.780. The number of nitrogens with zero attached hydrogens (tertiary/aromatic N) is 2. The van der Waals surface area contributed by atoms with Gasteiger partial charge in [-0.15, -0.1) is 0 Å². The van der Waals surface area contributed by atoms with Crippen LogP contribution in [0.5, 0.6) is 0 Å². The van der Waals surface area contributed by atoms with E-state index in [-0.39, 0.29) is 0 Å². The van der Waals surface area contributed by atoms with Gasteiger partial charge in [-0.05, 0) is 57.5 Å². The van der Waals surface area contributed by atoms with Gasteiger partial charge >= 0.3 is 0 Å². The molecule has 3 nitrogen and oxygen atoms in total. The van der Waals surface area contributed by atoms with Gasteiger partial charge in [0.15, 0.2) is 0 Å². The molecule has 3 rings (SSSR count). The van der Waals surface area contributed by atoms with Gasteiger partial charge in [0.2, 0.25) is 0 Å². The summed E-state index contributed by atoms with van der Waals surface area (Å²) < 4.78 is 0. The van der Waals surface area contributed by atoms with E-state index in [0.717, 1.165) is 31.6 Å². The number of nitrogens with one attached hydrogen (secondary N) is 1. The molecule has 2 bridgehead atoms. The fraction of sp³-hybridized carbons (Fsp3) is 0.667. The lowest BCUT2D eigenvalue weighted by atomic mass is 10.0. The molecule has 2 unspecified atom stereocenters. The highest BCUT2D eigenvalue weighted by atomic mass is 15.3. The summed E-state index contributed by atoms with van der Waals surface area (Å²) in [6.45, 7) is 4.68. The van der Waals surface area contributed by atoms with Crippen LogP contribution in [-0.2, 0) is 13.0 Å². The Morgan fingerprint density at radius 2 is 1.86 bits per heavy atom. The molecule has 1 N–H and O–H groups in total. The van der Waals surface area contributed by atoms with Gasteiger partial charge in [0, 0.05) is 31.7 Å². The molecule has 0 aromatic heterocycles. The summed E-state index contributed by atoms with van der Waals surface area (Å²) in [7, 11) is 4.36. The number of rotatable bonds is 5. The predicted molar refractivity (Wildman–Crippen MR) is 88.5 cm³/mol. The summed E-state index contributed by atoms with van der Waals surface area (Å²) in [5, 5.41) is 3.26. The Bertz CT molecular complexity index is 460. The topological polar surface area (TPSA) is 18.5 Å². The first-order valence-electron chi connectivity index (χ1n) is 8.43. The van der Waals surface area contributed by atoms with Crippen LogP contribution in [0.25, 0.3) is 0 Å². The third kappa shape index (κ3) is 3.47. The Morgan fingerprint density at radius 1 is 1.10 bits per heavy atom. The average Bonchev–Trinajstić information content (AvgIpc) is 2.74. The monoisotopic (exact) mass is 287 g/mol. The van der Waals surface area contributed by atoms with Gasteiger partial charge in [0.1, 0.15) is 0 Å². The minimum Gasteiger partial charge on any atom is -0.319 e. The quantitative estimate of drug-likeness (QED) is 0.895. The highest BCUT2D eigenvalue weighted by Gasteiger charge is 2.34. The summed E-state index contributed by atoms with van der Waals surface area (Å²) in [4.78, 5) is 5.31. The van der Waals surface area contributed by atoms with Crippen LogP contribution >= 0.6 is 0 Å². The fourth-order valence-electron chi connectivity index (χ4n) is 3.98. The van der Waals surface area contributed by atoms with Crippen LogP contribution in [0.15, 0.2) is 24.3 Å². The van der Waals surface area contributed by atoms with E-state index in [1.54, 1.807) is 0 Å². The van der Waals surface area contributed by atoms with Gasteiger partial charge in [0.25, 0.3) is 0 Å². The van der Waals surface area contributed by atoms with Crippen LogP contribution in [0.3, 0.4) is 0 Å². The van der Waals surface area contributed by atoms with Crippen molar-refractivity contribution in [3.05, 3.63) is 35.4 Å². The zero-order valence-electron chi connectivity index (χ0n) is 13.5. The third-order valence-corrected chi connectivity index (χ3v) is 5.39. The molecule has 3 heteroatoms. The van der Waals surface area contributed by atoms with Gasteiger partial charge in [-0.3, -0.25) is 9.80 Å². The molecule has 0 radical (unpaired) electrons. The van der Waals surface area contributed by atoms with Gasteiger partial charge in [-0.25, -0.2) is 0 Å². The zero-order chi connectivity index (χ0) is 14.7. The molecule has 0 amide bonds. The maximum Gasteiger partial charge on any atom is 0.0237 e. The molecule has 1 aromatic carbocycles. The number of hydrogen-bond acceptors (Lipinski definition) is 3. The van der Waals surface area contributed by atoms with Crippen LogP contribution in [-0.4, -0.2) is 55.6 Å². The molecule has 1 aromatic rings. The lowest BCUT2D eigenvalue weighted by molar-refractivity contribution is 0.214. The molecule has 2 heterocycles. The minimum atomic E-state index is 0.780. The number of likely N-dealkylation sites (N-methyl/N-ethyl adjacent to an activating group) is 2. The Kier molecular flexibility index (Phi) is 4.94. The molecule has 2 atom stereocenters. The van der Waals surface area contributed by atoms with E-state index in [4.69, 9.17) is 0 Å². The van der Waals surface area contributed by atoms with Crippen molar-refractivity contribution in [3.63, 3.8) is 0 Å². The SMILES string of the molecule is CNCCc1ccccc1CN1CCC2CCC(C1)N2C. The largest absolute Gasteiger partial charge is 0.319 e. The van der Waals surface area contributed by atoms with Crippen molar-refractivity contribution in [2.24, 2.45) is 0 Å². The predicted octanol–water partition coefficient (Wildman–Crippen LogP) is 2.12. The lowest BCUT2D eigenvalue weighted by Gasteiger charge is -2.26. The number of fused-ring (bicyclic) bond motifs is 2. The van der Waals surface area contributed by atoms with E-state index in [1.165, 1.54) is 43.5 Å². The van der Waals surface area contributed by atoms with Crippen LogP contribution < -0.4 is 5.32 Å². The Balaban J connectivity index is 1.66. The van der Waals surface area contributed by atoms with Crippen molar-refractivity contribution in [3.8, 4) is 0 Å². The van der Waals surface area contributed by atoms with E-state index in [1.807, 2.05) is 7.05 Å². The van der Waals surface area contributed by atoms with Crippen molar-refractivity contribution in [2.75, 3.05) is 33.7 Å². The summed E-state index contributed by atoms with van der Waals surface area (Å²) in [5.74, 6) is 0. The lowest BCUT2D eigenvalue weighted by Crippen LogP contribution is -2.36. The second kappa shape index (κ2) is 6.91. The van der Waals surface area contributed by atoms with Crippen LogP contribution in [0.2, 0.25) is 0 Å². The zero-order valence-corrected chi connectivity index (χ0v) is 13.5. The molecule has 0 saturated carbocycles. The second-order valence-corrected chi connectivity index (χ2v) is 6.70. The van der Waals surface area contributed by atoms with Gasteiger partial charge < -0.3 is 5.32 Å². The van der Waals surface area contributed by atoms with E-state index < -0.39 is 0 Å². The van der Waals surface area contributed by atoms with E-state index in [2.05, 4.69) is 46.4 Å². The van der Waals surface area contributed by atoms with Crippen molar-refractivity contribution in [1.29, 1.82) is 0 Å². The molecule has 2 fully saturated rings. The van der Waals surface area contributed by atoms with E-state index in [0.29, 0.717) is 0 Å². The molecule has 2 aliphatic rings. The summed E-state index contributed by atoms with van der Waals surface area (Å²) in [6.07, 6.45) is 5.27. The second-order valence-electron chi connectivity index (χ2n) is 6.70. The van der Waals surface area contributed by atoms with Gasteiger partial charge in [-0.1, -0.05) is 24.3 Å². The smallest absolute Gasteiger partial charge is 0.0237 e. The van der Waals surface area contributed by atoms with Crippen LogP contribution in [0, 0.1) is 0 Å². The highest BCUT2D eigenvalue weighted by Crippen LogP contribution is 2.29. The molecule has 2 aliphatic heterocycles. The van der Waals surface area contributed by atoms with Gasteiger partial charge in [0.05, 0.1) is 0 Å². The Hall–Kier alpha value is -0.900. The molecule has 0 spiro atoms. The number of likely N-dealkylation sites (tertiary alicyclic amines) is 1. The Labute approximate surface area is 129 Å². The van der Waals surface area contributed by atoms with E-state index in [9.17, 15) is 0 Å². The standard InChI is InChI=1S/C18H29N3/c1-19-11-9-15-5-3-4-6-16(15)13-21-12-10-17-7-8-18(14-21)20(17)2/h3-6,17-19H,7-14H2,1-2H3. The normalized spacial score (nSPS) is 27.0. The first-order valence-corrected chi connectivity index (χ1v) is 8.43. The third-order valence-electron chi connectivity index (χ3n) is 5.39. The molecule has 116 valence electrons. The Morgan fingerprint density at radius 3 is 2.67 bits per heavy atom. The van der Waals surface area contributed by atoms with Crippen molar-refractivity contribution >= 4 is 0 Å². The fourth-order valence-corrected chi connectivity index (χ4v) is 3.98. The summed E-state index contributed by atoms with van der Waals surface area (Å²) >= 11 is 0. The first-order chi connectivity index (χ1) is 10.3. The van der Waals surface area contributed by atoms with Crippen LogP contribution in [0.1, 0.15) is 30.4 Å². The van der Waals surface area contributed by atoms with Gasteiger partial charge in [-0.2, -0.15) is 0 Å². The molecular weight excluding hydrogens is 258 g/mol. The average molecular weight is 287 g/mol. The molecule has 2 saturated heterocycles. The van der Waals surface area contributed by atoms with Crippen molar-refractivity contribution in [2.45, 2.75) is 44.3 Å².